The van der Waals surface area contributed by atoms with Crippen molar-refractivity contribution in [2.75, 3.05) is 7.11 Å². The summed E-state index contributed by atoms with van der Waals surface area (Å²) in [6.45, 7) is 17.1. The van der Waals surface area contributed by atoms with E-state index in [1.165, 1.54) is 32.1 Å². The van der Waals surface area contributed by atoms with Gasteiger partial charge in [0.2, 0.25) is 0 Å². The minimum absolute atomic E-state index is 0.00391. The Hall–Kier alpha value is -0.830. The van der Waals surface area contributed by atoms with Crippen LogP contribution in [0.5, 0.6) is 0 Å². The third-order valence-electron chi connectivity index (χ3n) is 13.5. The Morgan fingerprint density at radius 1 is 0.912 bits per heavy atom. The van der Waals surface area contributed by atoms with E-state index in [1.54, 1.807) is 12.7 Å². The summed E-state index contributed by atoms with van der Waals surface area (Å²) in [5.41, 5.74) is 2.39. The van der Waals surface area contributed by atoms with Gasteiger partial charge in [-0.25, -0.2) is 0 Å². The molecule has 0 aromatic rings. The van der Waals surface area contributed by atoms with Gasteiger partial charge in [-0.1, -0.05) is 53.2 Å². The lowest BCUT2D eigenvalue weighted by Gasteiger charge is -2.71. The van der Waals surface area contributed by atoms with Gasteiger partial charge in [-0.15, -0.1) is 0 Å². The average Bonchev–Trinajstić information content (AvgIpc) is 2.77. The highest BCUT2D eigenvalue weighted by atomic mass is 16.5. The Morgan fingerprint density at radius 2 is 1.59 bits per heavy atom. The number of hydrogen-bond acceptors (Lipinski definition) is 3. The molecule has 34 heavy (non-hydrogen) atoms. The highest BCUT2D eigenvalue weighted by molar-refractivity contribution is 5.76. The van der Waals surface area contributed by atoms with Crippen molar-refractivity contribution >= 4 is 5.97 Å². The number of aliphatic hydroxyl groups is 1. The van der Waals surface area contributed by atoms with Crippen LogP contribution in [0.25, 0.3) is 0 Å². The summed E-state index contributed by atoms with van der Waals surface area (Å²) >= 11 is 0. The van der Waals surface area contributed by atoms with Gasteiger partial charge < -0.3 is 9.84 Å². The van der Waals surface area contributed by atoms with Crippen LogP contribution in [0, 0.1) is 50.2 Å². The number of ether oxygens (including phenoxy) is 1. The molecule has 0 saturated heterocycles. The first-order valence-corrected chi connectivity index (χ1v) is 14.2. The minimum atomic E-state index is -0.358. The van der Waals surface area contributed by atoms with E-state index < -0.39 is 0 Å². The molecule has 0 spiro atoms. The molecule has 0 aromatic carbocycles. The summed E-state index contributed by atoms with van der Waals surface area (Å²) < 4.78 is 5.29. The monoisotopic (exact) mass is 470 g/mol. The van der Waals surface area contributed by atoms with Crippen molar-refractivity contribution in [3.63, 3.8) is 0 Å². The molecule has 9 atom stereocenters. The largest absolute Gasteiger partial charge is 0.469 e. The van der Waals surface area contributed by atoms with E-state index in [0.717, 1.165) is 32.1 Å². The molecule has 5 rings (SSSR count). The first-order valence-electron chi connectivity index (χ1n) is 14.2. The second kappa shape index (κ2) is 7.36. The van der Waals surface area contributed by atoms with Gasteiger partial charge >= 0.3 is 5.97 Å². The fourth-order valence-corrected chi connectivity index (χ4v) is 10.8. The first-order chi connectivity index (χ1) is 15.7. The van der Waals surface area contributed by atoms with Crippen LogP contribution in [-0.2, 0) is 9.53 Å². The Morgan fingerprint density at radius 3 is 2.26 bits per heavy atom. The third-order valence-corrected chi connectivity index (χ3v) is 13.5. The van der Waals surface area contributed by atoms with Gasteiger partial charge in [0.15, 0.2) is 0 Å². The zero-order valence-corrected chi connectivity index (χ0v) is 23.2. The van der Waals surface area contributed by atoms with E-state index in [1.807, 2.05) is 0 Å². The van der Waals surface area contributed by atoms with Crippen molar-refractivity contribution in [1.29, 1.82) is 0 Å². The van der Waals surface area contributed by atoms with Crippen LogP contribution in [0.1, 0.15) is 113 Å². The average molecular weight is 471 g/mol. The highest BCUT2D eigenvalue weighted by Crippen LogP contribution is 2.75. The second-order valence-corrected chi connectivity index (χ2v) is 15.1. The van der Waals surface area contributed by atoms with Crippen LogP contribution < -0.4 is 0 Å². The van der Waals surface area contributed by atoms with E-state index >= 15 is 0 Å². The second-order valence-electron chi connectivity index (χ2n) is 15.1. The molecule has 0 bridgehead atoms. The molecule has 0 aliphatic heterocycles. The first kappa shape index (κ1) is 24.8. The van der Waals surface area contributed by atoms with Gasteiger partial charge in [0.05, 0.1) is 18.6 Å². The number of hydrogen-bond donors (Lipinski definition) is 1. The maximum atomic E-state index is 12.8. The Bertz CT molecular complexity index is 904. The van der Waals surface area contributed by atoms with Crippen molar-refractivity contribution in [3.8, 4) is 0 Å². The number of allylic oxidation sites excluding steroid dienone is 2. The number of esters is 1. The fourth-order valence-electron chi connectivity index (χ4n) is 10.8. The fraction of sp³-hybridized carbons (Fsp3) is 0.903. The topological polar surface area (TPSA) is 46.5 Å². The molecule has 0 radical (unpaired) electrons. The van der Waals surface area contributed by atoms with Gasteiger partial charge in [-0.3, -0.25) is 4.79 Å². The van der Waals surface area contributed by atoms with E-state index in [-0.39, 0.29) is 39.1 Å². The van der Waals surface area contributed by atoms with Crippen LogP contribution in [0.15, 0.2) is 11.6 Å². The molecule has 0 unspecified atom stereocenters. The molecule has 4 saturated carbocycles. The van der Waals surface area contributed by atoms with Crippen LogP contribution in [-0.4, -0.2) is 24.3 Å². The number of methoxy groups -OCH3 is 1. The zero-order valence-electron chi connectivity index (χ0n) is 23.2. The van der Waals surface area contributed by atoms with E-state index in [0.29, 0.717) is 23.2 Å². The van der Waals surface area contributed by atoms with Crippen LogP contribution in [0.4, 0.5) is 0 Å². The lowest BCUT2D eigenvalue weighted by atomic mass is 9.33. The van der Waals surface area contributed by atoms with Gasteiger partial charge in [0.1, 0.15) is 0 Å². The van der Waals surface area contributed by atoms with Crippen molar-refractivity contribution in [2.45, 2.75) is 119 Å². The number of aliphatic hydroxyl groups excluding tert-OH is 1. The summed E-state index contributed by atoms with van der Waals surface area (Å²) in [6, 6.07) is 0. The van der Waals surface area contributed by atoms with Crippen LogP contribution >= 0.6 is 0 Å². The summed E-state index contributed by atoms with van der Waals surface area (Å²) in [5.74, 6) is 1.72. The smallest absolute Gasteiger partial charge is 0.311 e. The van der Waals surface area contributed by atoms with Crippen molar-refractivity contribution in [3.05, 3.63) is 11.6 Å². The van der Waals surface area contributed by atoms with Crippen molar-refractivity contribution in [1.82, 2.24) is 0 Å². The minimum Gasteiger partial charge on any atom is -0.469 e. The van der Waals surface area contributed by atoms with Gasteiger partial charge in [0, 0.05) is 0 Å². The highest BCUT2D eigenvalue weighted by Gasteiger charge is 2.68. The summed E-state index contributed by atoms with van der Waals surface area (Å²) in [6.07, 6.45) is 13.8. The molecule has 0 amide bonds. The number of carbonyl (C=O) groups is 1. The lowest BCUT2D eigenvalue weighted by molar-refractivity contribution is -0.203. The molecule has 192 valence electrons. The van der Waals surface area contributed by atoms with Gasteiger partial charge in [0.25, 0.3) is 0 Å². The number of fused-ring (bicyclic) bond motifs is 7. The van der Waals surface area contributed by atoms with Gasteiger partial charge in [-0.2, -0.15) is 0 Å². The van der Waals surface area contributed by atoms with E-state index in [2.05, 4.69) is 54.5 Å². The quantitative estimate of drug-likeness (QED) is 0.322. The third kappa shape index (κ3) is 2.94. The predicted octanol–water partition coefficient (Wildman–Crippen LogP) is 7.32. The van der Waals surface area contributed by atoms with Crippen LogP contribution in [0.3, 0.4) is 0 Å². The number of carbonyl (C=O) groups excluding carboxylic acids is 1. The molecule has 0 heterocycles. The Labute approximate surface area is 208 Å². The van der Waals surface area contributed by atoms with E-state index in [4.69, 9.17) is 4.74 Å². The molecular weight excluding hydrogens is 420 g/mol. The lowest BCUT2D eigenvalue weighted by Crippen LogP contribution is -2.64. The maximum absolute atomic E-state index is 12.8. The molecule has 5 aliphatic rings. The molecule has 3 heteroatoms. The Balaban J connectivity index is 1.56. The van der Waals surface area contributed by atoms with E-state index in [9.17, 15) is 9.90 Å². The molecule has 5 aliphatic carbocycles. The van der Waals surface area contributed by atoms with Crippen LogP contribution in [0.2, 0.25) is 0 Å². The summed E-state index contributed by atoms with van der Waals surface area (Å²) in [7, 11) is 1.56. The zero-order chi connectivity index (χ0) is 24.9. The van der Waals surface area contributed by atoms with Crippen molar-refractivity contribution in [2.24, 2.45) is 50.2 Å². The standard InChI is InChI=1S/C31H50O3/c1-26(2)22-11-14-31(7)23(29(22,5)13-12-24(26)32)10-9-20-21-19-28(4,25(33)34-8)16-15-27(21,3)17-18-30(20,31)6/h9,21-24,32H,10-19H2,1-8H3/t21-,22-,23+,24-,27+,28+,29+,30+,31+/m0/s1. The number of rotatable bonds is 1. The molecule has 4 fully saturated rings. The molecule has 3 nitrogen and oxygen atoms in total. The van der Waals surface area contributed by atoms with Crippen molar-refractivity contribution < 1.29 is 14.6 Å². The Kier molecular flexibility index (Phi) is 5.38. The molecule has 1 N–H and O–H groups in total. The summed E-state index contributed by atoms with van der Waals surface area (Å²) in [4.78, 5) is 12.8. The molecule has 0 aromatic heterocycles. The SMILES string of the molecule is COC(=O)[C@]1(C)CC[C@]2(C)CC[C@]3(C)C(=CC[C@@H]4[C@]5(C)CC[C@H](O)C(C)(C)[C@@H]5CC[C@]43C)[C@@H]2C1. The van der Waals surface area contributed by atoms with Gasteiger partial charge in [-0.05, 0) is 116 Å². The maximum Gasteiger partial charge on any atom is 0.311 e. The molecular formula is C31H50O3. The summed E-state index contributed by atoms with van der Waals surface area (Å²) in [5, 5.41) is 10.9. The normalized spacial score (nSPS) is 54.0. The predicted molar refractivity (Wildman–Crippen MR) is 137 cm³/mol.